The minimum atomic E-state index is -0.221. The molecule has 0 spiro atoms. The van der Waals surface area contributed by atoms with Crippen LogP contribution in [0.3, 0.4) is 0 Å². The van der Waals surface area contributed by atoms with Gasteiger partial charge in [-0.2, -0.15) is 5.10 Å². The van der Waals surface area contributed by atoms with Gasteiger partial charge in [0.25, 0.3) is 0 Å². The summed E-state index contributed by atoms with van der Waals surface area (Å²) in [4.78, 5) is 28.4. The summed E-state index contributed by atoms with van der Waals surface area (Å²) in [6, 6.07) is 7.34. The molecule has 1 saturated heterocycles. The molecule has 29 heavy (non-hydrogen) atoms. The Morgan fingerprint density at radius 3 is 2.86 bits per heavy atom. The number of amides is 3. The number of benzene rings is 1. The van der Waals surface area contributed by atoms with Crippen LogP contribution in [0.2, 0.25) is 0 Å². The summed E-state index contributed by atoms with van der Waals surface area (Å²) < 4.78 is 10.7. The van der Waals surface area contributed by atoms with Crippen molar-refractivity contribution in [3.63, 3.8) is 0 Å². The van der Waals surface area contributed by atoms with E-state index in [2.05, 4.69) is 15.5 Å². The molecule has 1 unspecified atom stereocenters. The Balaban J connectivity index is 1.28. The number of urea groups is 1. The van der Waals surface area contributed by atoms with Gasteiger partial charge in [-0.05, 0) is 37.6 Å². The van der Waals surface area contributed by atoms with Crippen LogP contribution in [0.4, 0.5) is 4.79 Å². The van der Waals surface area contributed by atoms with Gasteiger partial charge in [-0.3, -0.25) is 9.89 Å². The Morgan fingerprint density at radius 1 is 1.28 bits per heavy atom. The zero-order valence-corrected chi connectivity index (χ0v) is 16.6. The number of H-pyrrole nitrogens is 1. The molecule has 3 heterocycles. The van der Waals surface area contributed by atoms with Gasteiger partial charge in [-0.15, -0.1) is 0 Å². The van der Waals surface area contributed by atoms with E-state index in [-0.39, 0.29) is 31.3 Å². The number of carbonyl (C=O) groups excluding carboxylic acids is 2. The van der Waals surface area contributed by atoms with Gasteiger partial charge < -0.3 is 24.6 Å². The lowest BCUT2D eigenvalue weighted by molar-refractivity contribution is -0.135. The highest BCUT2D eigenvalue weighted by Crippen LogP contribution is 2.32. The van der Waals surface area contributed by atoms with Crippen LogP contribution in [-0.4, -0.2) is 64.4 Å². The van der Waals surface area contributed by atoms with Crippen LogP contribution in [0.5, 0.6) is 11.5 Å². The summed E-state index contributed by atoms with van der Waals surface area (Å²) in [5.74, 6) is 1.36. The second kappa shape index (κ2) is 8.02. The normalized spacial score (nSPS) is 16.8. The predicted molar refractivity (Wildman–Crippen MR) is 105 cm³/mol. The van der Waals surface area contributed by atoms with Crippen molar-refractivity contribution >= 4 is 11.9 Å². The smallest absolute Gasteiger partial charge is 0.318 e. The number of aromatic amines is 1. The number of nitrogens with zero attached hydrogens (tertiary/aromatic N) is 3. The van der Waals surface area contributed by atoms with Crippen LogP contribution in [-0.2, 0) is 17.8 Å². The monoisotopic (exact) mass is 399 g/mol. The molecular formula is C20H25N5O4. The van der Waals surface area contributed by atoms with Crippen molar-refractivity contribution in [2.45, 2.75) is 32.9 Å². The first-order chi connectivity index (χ1) is 14.0. The fourth-order valence-corrected chi connectivity index (χ4v) is 3.55. The van der Waals surface area contributed by atoms with Gasteiger partial charge in [0.2, 0.25) is 12.7 Å². The highest BCUT2D eigenvalue weighted by Gasteiger charge is 2.28. The molecule has 0 aliphatic carbocycles. The molecular weight excluding hydrogens is 374 g/mol. The zero-order chi connectivity index (χ0) is 20.4. The predicted octanol–water partition coefficient (Wildman–Crippen LogP) is 1.43. The lowest BCUT2D eigenvalue weighted by Gasteiger charge is -2.35. The Labute approximate surface area is 169 Å². The van der Waals surface area contributed by atoms with E-state index < -0.39 is 0 Å². The fraction of sp³-hybridized carbons (Fsp3) is 0.450. The molecule has 0 radical (unpaired) electrons. The van der Waals surface area contributed by atoms with Crippen LogP contribution in [0, 0.1) is 6.92 Å². The average Bonchev–Trinajstić information content (AvgIpc) is 3.31. The number of aryl methyl sites for hydroxylation is 1. The van der Waals surface area contributed by atoms with E-state index in [1.165, 1.54) is 0 Å². The van der Waals surface area contributed by atoms with Gasteiger partial charge in [0.15, 0.2) is 11.5 Å². The number of nitrogens with one attached hydrogen (secondary N) is 2. The van der Waals surface area contributed by atoms with Crippen LogP contribution in [0.1, 0.15) is 23.9 Å². The minimum absolute atomic E-state index is 0.0698. The van der Waals surface area contributed by atoms with Crippen molar-refractivity contribution in [1.82, 2.24) is 25.3 Å². The summed E-state index contributed by atoms with van der Waals surface area (Å²) in [5.41, 5.74) is 2.87. The molecule has 4 rings (SSSR count). The maximum Gasteiger partial charge on any atom is 0.318 e. The molecule has 3 amide bonds. The molecule has 1 fully saturated rings. The van der Waals surface area contributed by atoms with E-state index in [0.717, 1.165) is 22.7 Å². The van der Waals surface area contributed by atoms with Crippen LogP contribution >= 0.6 is 0 Å². The lowest BCUT2D eigenvalue weighted by atomic mass is 10.1. The van der Waals surface area contributed by atoms with Crippen LogP contribution < -0.4 is 14.8 Å². The summed E-state index contributed by atoms with van der Waals surface area (Å²) in [6.07, 6.45) is 0.633. The fourth-order valence-electron chi connectivity index (χ4n) is 3.55. The third kappa shape index (κ3) is 4.44. The molecule has 1 atom stereocenters. The topological polar surface area (TPSA) is 99.8 Å². The number of rotatable bonds is 5. The van der Waals surface area contributed by atoms with E-state index in [4.69, 9.17) is 9.47 Å². The molecule has 1 aromatic carbocycles. The summed E-state index contributed by atoms with van der Waals surface area (Å²) >= 11 is 0. The summed E-state index contributed by atoms with van der Waals surface area (Å²) in [5, 5.41) is 10.0. The summed E-state index contributed by atoms with van der Waals surface area (Å²) in [7, 11) is 0. The van der Waals surface area contributed by atoms with Crippen molar-refractivity contribution in [1.29, 1.82) is 0 Å². The quantitative estimate of drug-likeness (QED) is 0.792. The second-order valence-electron chi connectivity index (χ2n) is 7.52. The van der Waals surface area contributed by atoms with E-state index in [0.29, 0.717) is 31.8 Å². The number of hydrogen-bond acceptors (Lipinski definition) is 5. The first-order valence-electron chi connectivity index (χ1n) is 9.70. The third-order valence-electron chi connectivity index (χ3n) is 5.06. The number of fused-ring (bicyclic) bond motifs is 1. The largest absolute Gasteiger partial charge is 0.454 e. The Kier molecular flexibility index (Phi) is 5.28. The maximum absolute atomic E-state index is 12.6. The standard InChI is InChI=1S/C20H25N5O4/c1-13(7-16-8-14(2)22-23-16)21-20(27)25-6-5-24(19(26)11-25)10-15-3-4-17-18(9-15)29-12-28-17/h3-4,8-9,13H,5-7,10-12H2,1-2H3,(H,21,27)(H,22,23). The Morgan fingerprint density at radius 2 is 2.10 bits per heavy atom. The maximum atomic E-state index is 12.6. The number of hydrogen-bond donors (Lipinski definition) is 2. The van der Waals surface area contributed by atoms with Crippen molar-refractivity contribution in [2.75, 3.05) is 26.4 Å². The van der Waals surface area contributed by atoms with E-state index in [1.807, 2.05) is 38.1 Å². The molecule has 2 aliphatic heterocycles. The zero-order valence-electron chi connectivity index (χ0n) is 16.6. The molecule has 2 aromatic rings. The first-order valence-corrected chi connectivity index (χ1v) is 9.70. The van der Waals surface area contributed by atoms with Crippen molar-refractivity contribution < 1.29 is 19.1 Å². The Bertz CT molecular complexity index is 912. The van der Waals surface area contributed by atoms with Gasteiger partial charge in [0.05, 0.1) is 5.69 Å². The van der Waals surface area contributed by atoms with Crippen molar-refractivity contribution in [3.05, 3.63) is 41.2 Å². The van der Waals surface area contributed by atoms with Gasteiger partial charge in [0, 0.05) is 37.8 Å². The molecule has 2 N–H and O–H groups in total. The lowest BCUT2D eigenvalue weighted by Crippen LogP contribution is -2.55. The number of piperazine rings is 1. The minimum Gasteiger partial charge on any atom is -0.454 e. The highest BCUT2D eigenvalue weighted by molar-refractivity contribution is 5.85. The van der Waals surface area contributed by atoms with Crippen molar-refractivity contribution in [3.8, 4) is 11.5 Å². The third-order valence-corrected chi connectivity index (χ3v) is 5.06. The van der Waals surface area contributed by atoms with Crippen LogP contribution in [0.25, 0.3) is 0 Å². The molecule has 0 bridgehead atoms. The highest BCUT2D eigenvalue weighted by atomic mass is 16.7. The molecule has 2 aliphatic rings. The second-order valence-corrected chi connectivity index (χ2v) is 7.52. The molecule has 154 valence electrons. The first kappa shape index (κ1) is 19.1. The molecule has 9 nitrogen and oxygen atoms in total. The average molecular weight is 399 g/mol. The van der Waals surface area contributed by atoms with Gasteiger partial charge in [-0.25, -0.2) is 4.79 Å². The molecule has 9 heteroatoms. The van der Waals surface area contributed by atoms with Gasteiger partial charge in [-0.1, -0.05) is 6.07 Å². The van der Waals surface area contributed by atoms with E-state index in [9.17, 15) is 9.59 Å². The Hall–Kier alpha value is -3.23. The number of aromatic nitrogens is 2. The van der Waals surface area contributed by atoms with Crippen LogP contribution in [0.15, 0.2) is 24.3 Å². The molecule has 0 saturated carbocycles. The SMILES string of the molecule is Cc1cc(CC(C)NC(=O)N2CCN(Cc3ccc4c(c3)OCO4)C(=O)C2)n[nH]1. The van der Waals surface area contributed by atoms with E-state index in [1.54, 1.807) is 9.80 Å². The van der Waals surface area contributed by atoms with Gasteiger partial charge >= 0.3 is 6.03 Å². The summed E-state index contributed by atoms with van der Waals surface area (Å²) in [6.45, 7) is 5.65. The van der Waals surface area contributed by atoms with Gasteiger partial charge in [0.1, 0.15) is 6.54 Å². The number of ether oxygens (including phenoxy) is 2. The number of carbonyl (C=O) groups is 2. The molecule has 1 aromatic heterocycles. The van der Waals surface area contributed by atoms with E-state index >= 15 is 0 Å². The van der Waals surface area contributed by atoms with Crippen molar-refractivity contribution in [2.24, 2.45) is 0 Å².